The summed E-state index contributed by atoms with van der Waals surface area (Å²) in [5, 5.41) is 0. The first-order valence-electron chi connectivity index (χ1n) is 10.7. The number of nitrogens with zero attached hydrogens (tertiary/aromatic N) is 2. The van der Waals surface area contributed by atoms with Crippen molar-refractivity contribution in [2.45, 2.75) is 72.1 Å². The van der Waals surface area contributed by atoms with Crippen LogP contribution in [0.25, 0.3) is 11.4 Å². The Morgan fingerprint density at radius 3 is 2.32 bits per heavy atom. The summed E-state index contributed by atoms with van der Waals surface area (Å²) in [6.07, 6.45) is 12.1. The molecule has 0 amide bonds. The predicted octanol–water partition coefficient (Wildman–Crippen LogP) is 5.79. The molecule has 0 radical (unpaired) electrons. The summed E-state index contributed by atoms with van der Waals surface area (Å²) in [4.78, 5) is 20.9. The molecule has 0 N–H and O–H groups in total. The van der Waals surface area contributed by atoms with E-state index in [1.54, 1.807) is 0 Å². The molecule has 4 heteroatoms. The van der Waals surface area contributed by atoms with Crippen LogP contribution < -0.4 is 0 Å². The minimum atomic E-state index is -0.123. The number of ether oxygens (including phenoxy) is 1. The molecular formula is C24H34N2O2. The van der Waals surface area contributed by atoms with E-state index in [-0.39, 0.29) is 5.97 Å². The van der Waals surface area contributed by atoms with Crippen molar-refractivity contribution in [3.05, 3.63) is 47.8 Å². The average Bonchev–Trinajstić information content (AvgIpc) is 2.74. The highest BCUT2D eigenvalue weighted by Crippen LogP contribution is 2.17. The van der Waals surface area contributed by atoms with Crippen LogP contribution in [0.1, 0.15) is 70.4 Å². The second-order valence-corrected chi connectivity index (χ2v) is 7.62. The van der Waals surface area contributed by atoms with Crippen molar-refractivity contribution >= 4 is 5.97 Å². The lowest BCUT2D eigenvalue weighted by atomic mass is 10.1. The van der Waals surface area contributed by atoms with Crippen LogP contribution in [0.3, 0.4) is 0 Å². The molecule has 0 aliphatic heterocycles. The van der Waals surface area contributed by atoms with Gasteiger partial charge in [-0.1, -0.05) is 70.7 Å². The maximum atomic E-state index is 11.8. The van der Waals surface area contributed by atoms with E-state index in [4.69, 9.17) is 4.74 Å². The fraction of sp³-hybridized carbons (Fsp3) is 0.542. The number of hydrogen-bond donors (Lipinski definition) is 0. The van der Waals surface area contributed by atoms with E-state index in [1.807, 2.05) is 36.7 Å². The van der Waals surface area contributed by atoms with Crippen LogP contribution in [0.15, 0.2) is 36.7 Å². The molecule has 2 rings (SSSR count). The van der Waals surface area contributed by atoms with Gasteiger partial charge in [-0.3, -0.25) is 4.79 Å². The topological polar surface area (TPSA) is 52.1 Å². The Balaban J connectivity index is 1.80. The summed E-state index contributed by atoms with van der Waals surface area (Å²) >= 11 is 0. The molecule has 0 saturated heterocycles. The molecule has 1 atom stereocenters. The maximum Gasteiger partial charge on any atom is 0.306 e. The molecule has 4 nitrogen and oxygen atoms in total. The van der Waals surface area contributed by atoms with Crippen molar-refractivity contribution in [3.8, 4) is 11.4 Å². The van der Waals surface area contributed by atoms with E-state index in [0.29, 0.717) is 25.4 Å². The molecule has 2 aromatic rings. The number of aromatic nitrogens is 2. The zero-order valence-electron chi connectivity index (χ0n) is 17.6. The van der Waals surface area contributed by atoms with Gasteiger partial charge in [0.2, 0.25) is 0 Å². The van der Waals surface area contributed by atoms with Crippen LogP contribution in [0.5, 0.6) is 0 Å². The summed E-state index contributed by atoms with van der Waals surface area (Å²) in [6, 6.07) is 8.13. The highest BCUT2D eigenvalue weighted by Gasteiger charge is 2.07. The van der Waals surface area contributed by atoms with Crippen molar-refractivity contribution in [2.24, 2.45) is 5.92 Å². The Morgan fingerprint density at radius 1 is 0.964 bits per heavy atom. The molecule has 28 heavy (non-hydrogen) atoms. The monoisotopic (exact) mass is 382 g/mol. The van der Waals surface area contributed by atoms with E-state index in [0.717, 1.165) is 29.8 Å². The number of carbonyl (C=O) groups is 1. The lowest BCUT2D eigenvalue weighted by Crippen LogP contribution is -2.11. The Labute approximate surface area is 169 Å². The maximum absolute atomic E-state index is 11.8. The van der Waals surface area contributed by atoms with E-state index < -0.39 is 0 Å². The molecule has 0 bridgehead atoms. The minimum absolute atomic E-state index is 0.123. The van der Waals surface area contributed by atoms with Crippen LogP contribution in [0, 0.1) is 5.92 Å². The van der Waals surface area contributed by atoms with Crippen LogP contribution in [0.2, 0.25) is 0 Å². The first-order chi connectivity index (χ1) is 13.6. The Kier molecular flexibility index (Phi) is 9.67. The summed E-state index contributed by atoms with van der Waals surface area (Å²) in [5.74, 6) is 1.05. The molecule has 152 valence electrons. The number of rotatable bonds is 12. The zero-order valence-corrected chi connectivity index (χ0v) is 17.6. The molecule has 0 saturated carbocycles. The number of hydrogen-bond acceptors (Lipinski definition) is 4. The number of unbranched alkanes of at least 4 members (excludes halogenated alkanes) is 3. The largest absolute Gasteiger partial charge is 0.465 e. The van der Waals surface area contributed by atoms with E-state index in [1.165, 1.54) is 31.2 Å². The van der Waals surface area contributed by atoms with Gasteiger partial charge in [0, 0.05) is 24.4 Å². The Bertz CT molecular complexity index is 696. The third kappa shape index (κ3) is 7.79. The van der Waals surface area contributed by atoms with Gasteiger partial charge in [-0.05, 0) is 36.3 Å². The van der Waals surface area contributed by atoms with Crippen molar-refractivity contribution in [1.82, 2.24) is 9.97 Å². The molecule has 1 aromatic carbocycles. The van der Waals surface area contributed by atoms with Gasteiger partial charge in [0.05, 0.1) is 6.61 Å². The fourth-order valence-electron chi connectivity index (χ4n) is 2.88. The molecule has 1 unspecified atom stereocenters. The smallest absolute Gasteiger partial charge is 0.306 e. The number of aryl methyl sites for hydroxylation is 2. The third-order valence-corrected chi connectivity index (χ3v) is 5.08. The molecule has 1 aromatic heterocycles. The van der Waals surface area contributed by atoms with Crippen molar-refractivity contribution in [1.29, 1.82) is 0 Å². The molecular weight excluding hydrogens is 348 g/mol. The average molecular weight is 383 g/mol. The first-order valence-corrected chi connectivity index (χ1v) is 10.7. The highest BCUT2D eigenvalue weighted by molar-refractivity contribution is 5.69. The molecule has 1 heterocycles. The molecule has 0 aliphatic rings. The quantitative estimate of drug-likeness (QED) is 0.344. The van der Waals surface area contributed by atoms with Crippen LogP contribution in [-0.2, 0) is 22.4 Å². The van der Waals surface area contributed by atoms with Gasteiger partial charge in [0.15, 0.2) is 5.82 Å². The number of carbonyl (C=O) groups excluding carboxylic acids is 1. The normalized spacial score (nSPS) is 12.0. The Morgan fingerprint density at radius 2 is 1.68 bits per heavy atom. The second kappa shape index (κ2) is 12.3. The van der Waals surface area contributed by atoms with Crippen LogP contribution in [-0.4, -0.2) is 22.5 Å². The third-order valence-electron chi connectivity index (χ3n) is 5.08. The van der Waals surface area contributed by atoms with Gasteiger partial charge in [-0.2, -0.15) is 0 Å². The van der Waals surface area contributed by atoms with E-state index in [2.05, 4.69) is 30.7 Å². The SMILES string of the molecule is CCCCCCc1cnc(-c2ccc(CCC(=O)OCC(C)CC)cc2)nc1. The zero-order chi connectivity index (χ0) is 20.2. The van der Waals surface area contributed by atoms with Crippen LogP contribution in [0.4, 0.5) is 0 Å². The number of benzene rings is 1. The van der Waals surface area contributed by atoms with Gasteiger partial charge >= 0.3 is 5.97 Å². The molecule has 0 aliphatic carbocycles. The van der Waals surface area contributed by atoms with E-state index >= 15 is 0 Å². The van der Waals surface area contributed by atoms with Crippen molar-refractivity contribution in [2.75, 3.05) is 6.61 Å². The summed E-state index contributed by atoms with van der Waals surface area (Å²) in [6.45, 7) is 6.93. The summed E-state index contributed by atoms with van der Waals surface area (Å²) < 4.78 is 5.30. The lowest BCUT2D eigenvalue weighted by molar-refractivity contribution is -0.144. The summed E-state index contributed by atoms with van der Waals surface area (Å²) in [5.41, 5.74) is 3.32. The number of esters is 1. The van der Waals surface area contributed by atoms with Crippen LogP contribution >= 0.6 is 0 Å². The molecule has 0 fully saturated rings. The first kappa shape index (κ1) is 22.1. The standard InChI is InChI=1S/C24H34N2O2/c1-4-6-7-8-9-21-16-25-24(26-17-21)22-13-10-20(11-14-22)12-15-23(27)28-18-19(3)5-2/h10-11,13-14,16-17,19H,4-9,12,15,18H2,1-3H3. The Hall–Kier alpha value is -2.23. The van der Waals surface area contributed by atoms with Gasteiger partial charge in [-0.15, -0.1) is 0 Å². The van der Waals surface area contributed by atoms with Gasteiger partial charge in [0.25, 0.3) is 0 Å². The second-order valence-electron chi connectivity index (χ2n) is 7.62. The highest BCUT2D eigenvalue weighted by atomic mass is 16.5. The van der Waals surface area contributed by atoms with Gasteiger partial charge in [0.1, 0.15) is 0 Å². The van der Waals surface area contributed by atoms with Crippen molar-refractivity contribution < 1.29 is 9.53 Å². The predicted molar refractivity (Wildman–Crippen MR) is 114 cm³/mol. The van der Waals surface area contributed by atoms with E-state index in [9.17, 15) is 4.79 Å². The fourth-order valence-corrected chi connectivity index (χ4v) is 2.88. The van der Waals surface area contributed by atoms with Gasteiger partial charge < -0.3 is 4.74 Å². The van der Waals surface area contributed by atoms with Gasteiger partial charge in [-0.25, -0.2) is 9.97 Å². The minimum Gasteiger partial charge on any atom is -0.465 e. The lowest BCUT2D eigenvalue weighted by Gasteiger charge is -2.09. The van der Waals surface area contributed by atoms with Crippen molar-refractivity contribution in [3.63, 3.8) is 0 Å². The molecule has 0 spiro atoms. The summed E-state index contributed by atoms with van der Waals surface area (Å²) in [7, 11) is 0.